The Hall–Kier alpha value is -2.04. The summed E-state index contributed by atoms with van der Waals surface area (Å²) >= 11 is 0. The van der Waals surface area contributed by atoms with Gasteiger partial charge >= 0.3 is 6.09 Å². The van der Waals surface area contributed by atoms with E-state index in [0.29, 0.717) is 24.5 Å². The number of amides is 2. The van der Waals surface area contributed by atoms with E-state index in [1.807, 2.05) is 12.1 Å². The highest BCUT2D eigenvalue weighted by molar-refractivity contribution is 6.02. The second-order valence-electron chi connectivity index (χ2n) is 4.22. The minimum absolute atomic E-state index is 0.0887. The number of anilines is 2. The van der Waals surface area contributed by atoms with Crippen molar-refractivity contribution in [3.8, 4) is 0 Å². The van der Waals surface area contributed by atoms with Crippen molar-refractivity contribution in [1.82, 2.24) is 0 Å². The molecular formula is C13H16N2O3. The van der Waals surface area contributed by atoms with E-state index < -0.39 is 6.09 Å². The van der Waals surface area contributed by atoms with Crippen LogP contribution >= 0.6 is 0 Å². The highest BCUT2D eigenvalue weighted by Crippen LogP contribution is 2.30. The molecule has 1 aliphatic heterocycles. The minimum Gasteiger partial charge on any atom is -0.449 e. The first-order chi connectivity index (χ1) is 8.63. The van der Waals surface area contributed by atoms with Crippen molar-refractivity contribution in [2.24, 2.45) is 5.92 Å². The molecule has 96 valence electrons. The van der Waals surface area contributed by atoms with Crippen molar-refractivity contribution >= 4 is 23.4 Å². The normalized spacial score (nSPS) is 18.7. The third kappa shape index (κ3) is 2.30. The van der Waals surface area contributed by atoms with Crippen molar-refractivity contribution < 1.29 is 14.3 Å². The number of hydrogen-bond acceptors (Lipinski definition) is 3. The Balaban J connectivity index is 2.39. The van der Waals surface area contributed by atoms with Crippen molar-refractivity contribution in [3.63, 3.8) is 0 Å². The van der Waals surface area contributed by atoms with Crippen molar-refractivity contribution in [2.45, 2.75) is 13.8 Å². The number of benzene rings is 1. The number of hydrogen-bond donors (Lipinski definition) is 1. The molecule has 1 atom stereocenters. The van der Waals surface area contributed by atoms with Crippen molar-refractivity contribution in [3.05, 3.63) is 24.3 Å². The van der Waals surface area contributed by atoms with Crippen LogP contribution in [0.15, 0.2) is 24.3 Å². The number of nitrogens with one attached hydrogen (secondary N) is 1. The SMILES string of the molecule is CCOC(=O)N1C[C@H](C)C(=O)Nc2ccccc21. The van der Waals surface area contributed by atoms with E-state index in [1.54, 1.807) is 26.0 Å². The molecule has 1 aliphatic rings. The molecule has 0 aliphatic carbocycles. The molecule has 0 saturated carbocycles. The van der Waals surface area contributed by atoms with E-state index in [0.717, 1.165) is 0 Å². The fourth-order valence-corrected chi connectivity index (χ4v) is 1.90. The molecule has 0 spiro atoms. The third-order valence-corrected chi connectivity index (χ3v) is 2.84. The van der Waals surface area contributed by atoms with Crippen LogP contribution in [0.1, 0.15) is 13.8 Å². The lowest BCUT2D eigenvalue weighted by molar-refractivity contribution is -0.119. The molecule has 0 bridgehead atoms. The predicted octanol–water partition coefficient (Wildman–Crippen LogP) is 2.24. The summed E-state index contributed by atoms with van der Waals surface area (Å²) in [6.45, 7) is 4.18. The van der Waals surface area contributed by atoms with Gasteiger partial charge < -0.3 is 10.1 Å². The topological polar surface area (TPSA) is 58.6 Å². The fourth-order valence-electron chi connectivity index (χ4n) is 1.90. The van der Waals surface area contributed by atoms with Gasteiger partial charge in [-0.1, -0.05) is 19.1 Å². The lowest BCUT2D eigenvalue weighted by Gasteiger charge is -2.22. The average Bonchev–Trinajstić information content (AvgIpc) is 2.48. The molecule has 0 radical (unpaired) electrons. The predicted molar refractivity (Wildman–Crippen MR) is 68.6 cm³/mol. The van der Waals surface area contributed by atoms with Crippen LogP contribution in [0.25, 0.3) is 0 Å². The molecule has 5 heteroatoms. The Morgan fingerprint density at radius 2 is 2.22 bits per heavy atom. The summed E-state index contributed by atoms with van der Waals surface area (Å²) in [5.41, 5.74) is 1.31. The largest absolute Gasteiger partial charge is 0.449 e. The van der Waals surface area contributed by atoms with Crippen LogP contribution in [0.5, 0.6) is 0 Å². The van der Waals surface area contributed by atoms with E-state index in [9.17, 15) is 9.59 Å². The number of fused-ring (bicyclic) bond motifs is 1. The summed E-state index contributed by atoms with van der Waals surface area (Å²) in [5.74, 6) is -0.365. The molecule has 2 amide bonds. The van der Waals surface area contributed by atoms with Gasteiger partial charge in [-0.3, -0.25) is 9.69 Å². The van der Waals surface area contributed by atoms with Crippen LogP contribution in [0, 0.1) is 5.92 Å². The summed E-state index contributed by atoms with van der Waals surface area (Å²) in [5, 5.41) is 2.81. The van der Waals surface area contributed by atoms with Gasteiger partial charge in [0.05, 0.1) is 23.9 Å². The third-order valence-electron chi connectivity index (χ3n) is 2.84. The van der Waals surface area contributed by atoms with Gasteiger partial charge in [0.1, 0.15) is 0 Å². The fraction of sp³-hybridized carbons (Fsp3) is 0.385. The van der Waals surface area contributed by atoms with Crippen LogP contribution < -0.4 is 10.2 Å². The molecule has 1 N–H and O–H groups in total. The smallest absolute Gasteiger partial charge is 0.414 e. The number of carbonyl (C=O) groups is 2. The Bertz CT molecular complexity index is 473. The second-order valence-corrected chi connectivity index (χ2v) is 4.22. The molecule has 5 nitrogen and oxygen atoms in total. The molecule has 2 rings (SSSR count). The van der Waals surface area contributed by atoms with Crippen LogP contribution in [-0.2, 0) is 9.53 Å². The second kappa shape index (κ2) is 5.08. The number of nitrogens with zero attached hydrogens (tertiary/aromatic N) is 1. The Kier molecular flexibility index (Phi) is 3.50. The van der Waals surface area contributed by atoms with Crippen molar-refractivity contribution in [2.75, 3.05) is 23.4 Å². The number of para-hydroxylation sites is 2. The Morgan fingerprint density at radius 1 is 1.50 bits per heavy atom. The Morgan fingerprint density at radius 3 is 2.94 bits per heavy atom. The van der Waals surface area contributed by atoms with Gasteiger partial charge in [-0.25, -0.2) is 4.79 Å². The zero-order chi connectivity index (χ0) is 13.1. The van der Waals surface area contributed by atoms with Gasteiger partial charge in [-0.2, -0.15) is 0 Å². The quantitative estimate of drug-likeness (QED) is 0.829. The molecule has 1 heterocycles. The van der Waals surface area contributed by atoms with Gasteiger partial charge in [0, 0.05) is 6.54 Å². The summed E-state index contributed by atoms with van der Waals surface area (Å²) in [6, 6.07) is 7.22. The zero-order valence-corrected chi connectivity index (χ0v) is 10.5. The number of ether oxygens (including phenoxy) is 1. The monoisotopic (exact) mass is 248 g/mol. The van der Waals surface area contributed by atoms with Crippen LogP contribution in [0.3, 0.4) is 0 Å². The van der Waals surface area contributed by atoms with Crippen LogP contribution in [0.4, 0.5) is 16.2 Å². The van der Waals surface area contributed by atoms with E-state index in [1.165, 1.54) is 4.90 Å². The number of rotatable bonds is 1. The molecule has 0 unspecified atom stereocenters. The van der Waals surface area contributed by atoms with Gasteiger partial charge in [-0.15, -0.1) is 0 Å². The molecule has 1 aromatic rings. The van der Waals surface area contributed by atoms with E-state index >= 15 is 0 Å². The molecule has 1 aromatic carbocycles. The summed E-state index contributed by atoms with van der Waals surface area (Å²) < 4.78 is 5.03. The first-order valence-corrected chi connectivity index (χ1v) is 5.97. The summed E-state index contributed by atoms with van der Waals surface area (Å²) in [4.78, 5) is 25.2. The Labute approximate surface area is 106 Å². The summed E-state index contributed by atoms with van der Waals surface area (Å²) in [6.07, 6.45) is -0.423. The maximum absolute atomic E-state index is 11.9. The lowest BCUT2D eigenvalue weighted by atomic mass is 10.1. The first-order valence-electron chi connectivity index (χ1n) is 5.97. The van der Waals surface area contributed by atoms with E-state index in [2.05, 4.69) is 5.32 Å². The zero-order valence-electron chi connectivity index (χ0n) is 10.5. The molecule has 0 saturated heterocycles. The van der Waals surface area contributed by atoms with E-state index in [-0.39, 0.29) is 11.8 Å². The van der Waals surface area contributed by atoms with Crippen LogP contribution in [0.2, 0.25) is 0 Å². The highest BCUT2D eigenvalue weighted by atomic mass is 16.6. The lowest BCUT2D eigenvalue weighted by Crippen LogP contribution is -2.36. The average molecular weight is 248 g/mol. The minimum atomic E-state index is -0.423. The van der Waals surface area contributed by atoms with Crippen LogP contribution in [-0.4, -0.2) is 25.2 Å². The molecule has 0 fully saturated rings. The van der Waals surface area contributed by atoms with Gasteiger partial charge in [0.25, 0.3) is 0 Å². The molecule has 0 aromatic heterocycles. The highest BCUT2D eigenvalue weighted by Gasteiger charge is 2.29. The van der Waals surface area contributed by atoms with Gasteiger partial charge in [-0.05, 0) is 19.1 Å². The summed E-state index contributed by atoms with van der Waals surface area (Å²) in [7, 11) is 0. The molecular weight excluding hydrogens is 232 g/mol. The van der Waals surface area contributed by atoms with Crippen molar-refractivity contribution in [1.29, 1.82) is 0 Å². The van der Waals surface area contributed by atoms with Gasteiger partial charge in [0.15, 0.2) is 0 Å². The maximum atomic E-state index is 11.9. The van der Waals surface area contributed by atoms with E-state index in [4.69, 9.17) is 4.74 Å². The molecule has 18 heavy (non-hydrogen) atoms. The standard InChI is InChI=1S/C13H16N2O3/c1-3-18-13(17)15-8-9(2)12(16)14-10-6-4-5-7-11(10)15/h4-7,9H,3,8H2,1-2H3,(H,14,16)/t9-/m0/s1. The van der Waals surface area contributed by atoms with Gasteiger partial charge in [0.2, 0.25) is 5.91 Å². The maximum Gasteiger partial charge on any atom is 0.414 e. The number of carbonyl (C=O) groups excluding carboxylic acids is 2. The first kappa shape index (κ1) is 12.4.